The zero-order valence-corrected chi connectivity index (χ0v) is 15.6. The van der Waals surface area contributed by atoms with Crippen LogP contribution in [0.2, 0.25) is 5.02 Å². The summed E-state index contributed by atoms with van der Waals surface area (Å²) in [5.41, 5.74) is 1.46. The van der Waals surface area contributed by atoms with Crippen molar-refractivity contribution in [3.8, 4) is 0 Å². The van der Waals surface area contributed by atoms with Gasteiger partial charge in [-0.3, -0.25) is 9.59 Å². The molecule has 3 rings (SSSR count). The molecular formula is C22H18ClFN2O2. The first kappa shape index (κ1) is 19.6. The Labute approximate surface area is 167 Å². The van der Waals surface area contributed by atoms with E-state index in [0.717, 1.165) is 5.56 Å². The number of carbonyl (C=O) groups is 2. The second kappa shape index (κ2) is 9.15. The number of carbonyl (C=O) groups excluding carboxylic acids is 2. The Bertz CT molecular complexity index is 979. The molecule has 3 aromatic rings. The summed E-state index contributed by atoms with van der Waals surface area (Å²) in [5, 5.41) is 5.84. The normalized spacial score (nSPS) is 11.5. The van der Waals surface area contributed by atoms with E-state index >= 15 is 0 Å². The molecule has 4 nitrogen and oxygen atoms in total. The topological polar surface area (TPSA) is 58.2 Å². The first-order valence-corrected chi connectivity index (χ1v) is 9.06. The smallest absolute Gasteiger partial charge is 0.253 e. The van der Waals surface area contributed by atoms with Gasteiger partial charge in [0, 0.05) is 5.69 Å². The van der Waals surface area contributed by atoms with E-state index in [9.17, 15) is 14.0 Å². The maximum atomic E-state index is 13.3. The molecule has 0 aliphatic carbocycles. The van der Waals surface area contributed by atoms with Crippen molar-refractivity contribution in [3.63, 3.8) is 0 Å². The number of rotatable bonds is 6. The summed E-state index contributed by atoms with van der Waals surface area (Å²) in [7, 11) is 0. The Morgan fingerprint density at radius 2 is 1.64 bits per heavy atom. The second-order valence-electron chi connectivity index (χ2n) is 6.18. The number of benzene rings is 3. The van der Waals surface area contributed by atoms with E-state index in [1.807, 2.05) is 30.3 Å². The minimum Gasteiger partial charge on any atom is -0.345 e. The van der Waals surface area contributed by atoms with Gasteiger partial charge < -0.3 is 10.6 Å². The predicted molar refractivity (Wildman–Crippen MR) is 108 cm³/mol. The summed E-state index contributed by atoms with van der Waals surface area (Å²) in [6.07, 6.45) is -0.0171. The molecule has 0 saturated carbocycles. The summed E-state index contributed by atoms with van der Waals surface area (Å²) in [6, 6.07) is 20.9. The molecule has 0 spiro atoms. The van der Waals surface area contributed by atoms with Crippen molar-refractivity contribution in [2.24, 2.45) is 0 Å². The predicted octanol–water partition coefficient (Wildman–Crippen LogP) is 4.98. The van der Waals surface area contributed by atoms with Gasteiger partial charge in [-0.05, 0) is 35.9 Å². The highest BCUT2D eigenvalue weighted by molar-refractivity contribution is 6.33. The molecule has 0 aromatic heterocycles. The van der Waals surface area contributed by atoms with Gasteiger partial charge in [0.15, 0.2) is 0 Å². The van der Waals surface area contributed by atoms with Crippen LogP contribution >= 0.6 is 11.6 Å². The summed E-state index contributed by atoms with van der Waals surface area (Å²) in [4.78, 5) is 25.1. The lowest BCUT2D eigenvalue weighted by atomic mass is 10.0. The van der Waals surface area contributed by atoms with Gasteiger partial charge in [-0.25, -0.2) is 4.39 Å². The van der Waals surface area contributed by atoms with Gasteiger partial charge in [-0.15, -0.1) is 0 Å². The van der Waals surface area contributed by atoms with Crippen LogP contribution in [0.1, 0.15) is 28.4 Å². The molecule has 0 radical (unpaired) electrons. The van der Waals surface area contributed by atoms with E-state index in [0.29, 0.717) is 16.3 Å². The number of hydrogen-bond donors (Lipinski definition) is 2. The van der Waals surface area contributed by atoms with E-state index in [1.54, 1.807) is 30.3 Å². The largest absolute Gasteiger partial charge is 0.345 e. The minimum absolute atomic E-state index is 0.0171. The molecule has 28 heavy (non-hydrogen) atoms. The van der Waals surface area contributed by atoms with E-state index in [4.69, 9.17) is 11.6 Å². The first-order chi connectivity index (χ1) is 13.5. The van der Waals surface area contributed by atoms with Gasteiger partial charge in [0.1, 0.15) is 5.82 Å². The summed E-state index contributed by atoms with van der Waals surface area (Å²) < 4.78 is 13.3. The van der Waals surface area contributed by atoms with Gasteiger partial charge in [0.25, 0.3) is 5.91 Å². The zero-order chi connectivity index (χ0) is 19.9. The van der Waals surface area contributed by atoms with Crippen LogP contribution in [0.15, 0.2) is 78.9 Å². The first-order valence-electron chi connectivity index (χ1n) is 8.68. The molecule has 3 aromatic carbocycles. The van der Waals surface area contributed by atoms with Gasteiger partial charge in [0.2, 0.25) is 5.91 Å². The van der Waals surface area contributed by atoms with Crippen LogP contribution in [0.3, 0.4) is 0 Å². The fraction of sp³-hybridized carbons (Fsp3) is 0.0909. The molecular weight excluding hydrogens is 379 g/mol. The molecule has 0 heterocycles. The third-order valence-electron chi connectivity index (χ3n) is 4.12. The highest BCUT2D eigenvalue weighted by atomic mass is 35.5. The van der Waals surface area contributed by atoms with Crippen molar-refractivity contribution in [2.75, 3.05) is 5.32 Å². The molecule has 0 aliphatic heterocycles. The Hall–Kier alpha value is -3.18. The SMILES string of the molecule is O=C(C[C@H](NC(=O)c1ccccc1Cl)c1ccccc1)Nc1cccc(F)c1. The zero-order valence-electron chi connectivity index (χ0n) is 14.9. The lowest BCUT2D eigenvalue weighted by molar-refractivity contribution is -0.116. The number of nitrogens with one attached hydrogen (secondary N) is 2. The molecule has 6 heteroatoms. The highest BCUT2D eigenvalue weighted by Crippen LogP contribution is 2.21. The minimum atomic E-state index is -0.571. The standard InChI is InChI=1S/C22H18ClFN2O2/c23-19-12-5-4-11-18(19)22(28)26-20(15-7-2-1-3-8-15)14-21(27)25-17-10-6-9-16(24)13-17/h1-13,20H,14H2,(H,25,27)(H,26,28)/t20-/m0/s1. The maximum absolute atomic E-state index is 13.3. The van der Waals surface area contributed by atoms with Gasteiger partial charge >= 0.3 is 0 Å². The average Bonchev–Trinajstić information content (AvgIpc) is 2.68. The van der Waals surface area contributed by atoms with Gasteiger partial charge in [0.05, 0.1) is 23.0 Å². The molecule has 0 saturated heterocycles. The molecule has 0 unspecified atom stereocenters. The lowest BCUT2D eigenvalue weighted by Crippen LogP contribution is -2.31. The van der Waals surface area contributed by atoms with Crippen molar-refractivity contribution >= 4 is 29.1 Å². The van der Waals surface area contributed by atoms with Crippen LogP contribution in [0, 0.1) is 5.82 Å². The van der Waals surface area contributed by atoms with Crippen LogP contribution in [0.5, 0.6) is 0 Å². The average molecular weight is 397 g/mol. The molecule has 0 aliphatic rings. The van der Waals surface area contributed by atoms with Crippen molar-refractivity contribution in [1.82, 2.24) is 5.32 Å². The molecule has 142 valence electrons. The fourth-order valence-electron chi connectivity index (χ4n) is 2.78. The number of halogens is 2. The fourth-order valence-corrected chi connectivity index (χ4v) is 3.00. The number of anilines is 1. The third-order valence-corrected chi connectivity index (χ3v) is 4.45. The van der Waals surface area contributed by atoms with Crippen molar-refractivity contribution in [3.05, 3.63) is 101 Å². The Kier molecular flexibility index (Phi) is 6.40. The third kappa shape index (κ3) is 5.18. The molecule has 1 atom stereocenters. The Morgan fingerprint density at radius 1 is 0.929 bits per heavy atom. The van der Waals surface area contributed by atoms with E-state index in [1.165, 1.54) is 18.2 Å². The van der Waals surface area contributed by atoms with Crippen LogP contribution < -0.4 is 10.6 Å². The summed E-state index contributed by atoms with van der Waals surface area (Å²) in [5.74, 6) is -1.17. The van der Waals surface area contributed by atoms with Gasteiger partial charge in [-0.1, -0.05) is 60.1 Å². The Morgan fingerprint density at radius 3 is 2.36 bits per heavy atom. The monoisotopic (exact) mass is 396 g/mol. The maximum Gasteiger partial charge on any atom is 0.253 e. The van der Waals surface area contributed by atoms with E-state index in [-0.39, 0.29) is 18.2 Å². The molecule has 2 N–H and O–H groups in total. The van der Waals surface area contributed by atoms with Crippen LogP contribution in [0.25, 0.3) is 0 Å². The highest BCUT2D eigenvalue weighted by Gasteiger charge is 2.20. The number of hydrogen-bond acceptors (Lipinski definition) is 2. The van der Waals surface area contributed by atoms with Crippen LogP contribution in [0.4, 0.5) is 10.1 Å². The Balaban J connectivity index is 1.77. The number of amides is 2. The lowest BCUT2D eigenvalue weighted by Gasteiger charge is -2.19. The van der Waals surface area contributed by atoms with Crippen molar-refractivity contribution < 1.29 is 14.0 Å². The van der Waals surface area contributed by atoms with Gasteiger partial charge in [-0.2, -0.15) is 0 Å². The quantitative estimate of drug-likeness (QED) is 0.617. The molecule has 2 amide bonds. The van der Waals surface area contributed by atoms with E-state index < -0.39 is 11.9 Å². The van der Waals surface area contributed by atoms with Crippen molar-refractivity contribution in [2.45, 2.75) is 12.5 Å². The second-order valence-corrected chi connectivity index (χ2v) is 6.59. The molecule has 0 bridgehead atoms. The van der Waals surface area contributed by atoms with Crippen molar-refractivity contribution in [1.29, 1.82) is 0 Å². The van der Waals surface area contributed by atoms with Crippen LogP contribution in [-0.4, -0.2) is 11.8 Å². The van der Waals surface area contributed by atoms with E-state index in [2.05, 4.69) is 10.6 Å². The summed E-state index contributed by atoms with van der Waals surface area (Å²) >= 11 is 6.10. The van der Waals surface area contributed by atoms with Crippen LogP contribution in [-0.2, 0) is 4.79 Å². The molecule has 0 fully saturated rings. The summed E-state index contributed by atoms with van der Waals surface area (Å²) in [6.45, 7) is 0.